The van der Waals surface area contributed by atoms with Crippen molar-refractivity contribution in [1.29, 1.82) is 0 Å². The summed E-state index contributed by atoms with van der Waals surface area (Å²) in [6.07, 6.45) is 1.09. The third-order valence-electron chi connectivity index (χ3n) is 6.10. The molecule has 1 atom stereocenters. The molecule has 0 radical (unpaired) electrons. The Balaban J connectivity index is 1.25. The van der Waals surface area contributed by atoms with Crippen molar-refractivity contribution in [1.82, 2.24) is 4.98 Å². The summed E-state index contributed by atoms with van der Waals surface area (Å²) in [5.74, 6) is 1.50. The van der Waals surface area contributed by atoms with Gasteiger partial charge in [-0.3, -0.25) is 4.79 Å². The van der Waals surface area contributed by atoms with Crippen LogP contribution in [0.5, 0.6) is 5.75 Å². The second-order valence-electron chi connectivity index (χ2n) is 8.48. The smallest absolute Gasteiger partial charge is 0.262 e. The lowest BCUT2D eigenvalue weighted by atomic mass is 9.99. The number of aromatic nitrogens is 1. The van der Waals surface area contributed by atoms with Crippen molar-refractivity contribution in [3.05, 3.63) is 90.5 Å². The molecule has 5 heteroatoms. The van der Waals surface area contributed by atoms with Crippen LogP contribution in [-0.2, 0) is 4.79 Å². The zero-order chi connectivity index (χ0) is 23.5. The van der Waals surface area contributed by atoms with Crippen LogP contribution in [0.25, 0.3) is 33.3 Å². The number of nitrogens with one attached hydrogen (secondary N) is 1. The number of anilines is 1. The number of fused-ring (bicyclic) bond motifs is 2. The second kappa shape index (κ2) is 9.40. The fourth-order valence-electron chi connectivity index (χ4n) is 3.93. The van der Waals surface area contributed by atoms with Crippen LogP contribution in [-0.4, -0.2) is 17.5 Å². The molecule has 0 saturated carbocycles. The third-order valence-corrected chi connectivity index (χ3v) is 6.10. The second-order valence-corrected chi connectivity index (χ2v) is 8.48. The van der Waals surface area contributed by atoms with Gasteiger partial charge in [0, 0.05) is 11.3 Å². The summed E-state index contributed by atoms with van der Waals surface area (Å²) in [7, 11) is 0. The van der Waals surface area contributed by atoms with E-state index in [-0.39, 0.29) is 12.5 Å². The van der Waals surface area contributed by atoms with Crippen molar-refractivity contribution < 1.29 is 13.9 Å². The van der Waals surface area contributed by atoms with Gasteiger partial charge in [0.15, 0.2) is 12.2 Å². The number of rotatable bonds is 7. The van der Waals surface area contributed by atoms with Crippen LogP contribution in [0.1, 0.15) is 31.7 Å². The standard InChI is InChI=1S/C29H26N2O3/c1-3-19(2)20-10-13-25(14-11-20)33-18-28(32)30-24-12-15-27-26(17-24)31-29(34-27)23-9-8-21-6-4-5-7-22(21)16-23/h4-17,19H,3,18H2,1-2H3,(H,30,32)/t19-/m0/s1. The van der Waals surface area contributed by atoms with Gasteiger partial charge in [0.1, 0.15) is 11.3 Å². The van der Waals surface area contributed by atoms with E-state index in [0.717, 1.165) is 17.4 Å². The maximum absolute atomic E-state index is 12.4. The molecular formula is C29H26N2O3. The monoisotopic (exact) mass is 450 g/mol. The van der Waals surface area contributed by atoms with Gasteiger partial charge in [0.05, 0.1) is 0 Å². The highest BCUT2D eigenvalue weighted by atomic mass is 16.5. The third kappa shape index (κ3) is 4.64. The Morgan fingerprint density at radius 2 is 1.76 bits per heavy atom. The van der Waals surface area contributed by atoms with E-state index >= 15 is 0 Å². The molecule has 5 nitrogen and oxygen atoms in total. The van der Waals surface area contributed by atoms with Gasteiger partial charge in [0.2, 0.25) is 5.89 Å². The van der Waals surface area contributed by atoms with E-state index in [0.29, 0.717) is 34.3 Å². The first-order chi connectivity index (χ1) is 16.6. The zero-order valence-electron chi connectivity index (χ0n) is 19.2. The Morgan fingerprint density at radius 1 is 0.971 bits per heavy atom. The van der Waals surface area contributed by atoms with Crippen molar-refractivity contribution in [2.45, 2.75) is 26.2 Å². The first kappa shape index (κ1) is 21.7. The van der Waals surface area contributed by atoms with E-state index in [9.17, 15) is 4.79 Å². The highest BCUT2D eigenvalue weighted by Crippen LogP contribution is 2.28. The molecular weight excluding hydrogens is 424 g/mol. The predicted molar refractivity (Wildman–Crippen MR) is 136 cm³/mol. The molecule has 4 aromatic carbocycles. The first-order valence-electron chi connectivity index (χ1n) is 11.5. The van der Waals surface area contributed by atoms with Gasteiger partial charge in [-0.15, -0.1) is 0 Å². The molecule has 1 amide bonds. The van der Waals surface area contributed by atoms with Gasteiger partial charge in [0.25, 0.3) is 5.91 Å². The largest absolute Gasteiger partial charge is 0.484 e. The van der Waals surface area contributed by atoms with Gasteiger partial charge >= 0.3 is 0 Å². The van der Waals surface area contributed by atoms with Crippen LogP contribution in [0.4, 0.5) is 5.69 Å². The highest BCUT2D eigenvalue weighted by molar-refractivity contribution is 5.94. The molecule has 0 bridgehead atoms. The number of carbonyl (C=O) groups is 1. The number of oxazole rings is 1. The molecule has 0 fully saturated rings. The normalized spacial score (nSPS) is 12.1. The molecule has 0 aliphatic carbocycles. The number of benzene rings is 4. The van der Waals surface area contributed by atoms with Crippen LogP contribution < -0.4 is 10.1 Å². The van der Waals surface area contributed by atoms with Crippen LogP contribution in [0.2, 0.25) is 0 Å². The Hall–Kier alpha value is -4.12. The summed E-state index contributed by atoms with van der Waals surface area (Å²) >= 11 is 0. The van der Waals surface area contributed by atoms with Crippen molar-refractivity contribution in [2.24, 2.45) is 0 Å². The number of carbonyl (C=O) groups excluding carboxylic acids is 1. The molecule has 5 aromatic rings. The maximum atomic E-state index is 12.4. The van der Waals surface area contributed by atoms with Crippen LogP contribution >= 0.6 is 0 Å². The number of hydrogen-bond acceptors (Lipinski definition) is 4. The molecule has 1 aromatic heterocycles. The van der Waals surface area contributed by atoms with Crippen molar-refractivity contribution in [3.8, 4) is 17.2 Å². The molecule has 34 heavy (non-hydrogen) atoms. The topological polar surface area (TPSA) is 64.4 Å². The highest BCUT2D eigenvalue weighted by Gasteiger charge is 2.11. The molecule has 0 unspecified atom stereocenters. The van der Waals surface area contributed by atoms with Gasteiger partial charge in [-0.05, 0) is 71.1 Å². The van der Waals surface area contributed by atoms with E-state index in [1.54, 1.807) is 6.07 Å². The van der Waals surface area contributed by atoms with Crippen LogP contribution in [0.3, 0.4) is 0 Å². The van der Waals surface area contributed by atoms with Gasteiger partial charge < -0.3 is 14.5 Å². The minimum absolute atomic E-state index is 0.0676. The van der Waals surface area contributed by atoms with Gasteiger partial charge in [-0.2, -0.15) is 0 Å². The summed E-state index contributed by atoms with van der Waals surface area (Å²) in [5, 5.41) is 5.17. The molecule has 5 rings (SSSR count). The van der Waals surface area contributed by atoms with Gasteiger partial charge in [-0.25, -0.2) is 4.98 Å². The predicted octanol–water partition coefficient (Wildman–Crippen LogP) is 7.18. The summed E-state index contributed by atoms with van der Waals surface area (Å²) in [5.41, 5.74) is 4.17. The number of hydrogen-bond donors (Lipinski definition) is 1. The Labute approximate surface area is 198 Å². The lowest BCUT2D eigenvalue weighted by Crippen LogP contribution is -2.20. The number of ether oxygens (including phenoxy) is 1. The van der Waals surface area contributed by atoms with Crippen molar-refractivity contribution in [3.63, 3.8) is 0 Å². The number of amides is 1. The maximum Gasteiger partial charge on any atom is 0.262 e. The van der Waals surface area contributed by atoms with E-state index < -0.39 is 0 Å². The minimum atomic E-state index is -0.233. The van der Waals surface area contributed by atoms with Crippen LogP contribution in [0, 0.1) is 0 Å². The Kier molecular flexibility index (Phi) is 6.00. The SMILES string of the molecule is CC[C@H](C)c1ccc(OCC(=O)Nc2ccc3oc(-c4ccc5ccccc5c4)nc3c2)cc1. The Morgan fingerprint density at radius 3 is 2.56 bits per heavy atom. The molecule has 1 heterocycles. The molecule has 1 N–H and O–H groups in total. The summed E-state index contributed by atoms with van der Waals surface area (Å²) in [6, 6.07) is 27.6. The Bertz CT molecular complexity index is 1450. The van der Waals surface area contributed by atoms with Crippen LogP contribution in [0.15, 0.2) is 89.3 Å². The lowest BCUT2D eigenvalue weighted by molar-refractivity contribution is -0.118. The molecule has 0 aliphatic heterocycles. The fraction of sp³-hybridized carbons (Fsp3) is 0.172. The average Bonchev–Trinajstić information content (AvgIpc) is 3.30. The van der Waals surface area contributed by atoms with E-state index in [1.165, 1.54) is 10.9 Å². The summed E-state index contributed by atoms with van der Waals surface area (Å²) < 4.78 is 11.6. The summed E-state index contributed by atoms with van der Waals surface area (Å²) in [4.78, 5) is 17.0. The average molecular weight is 451 g/mol. The van der Waals surface area contributed by atoms with Crippen molar-refractivity contribution in [2.75, 3.05) is 11.9 Å². The first-order valence-corrected chi connectivity index (χ1v) is 11.5. The fourth-order valence-corrected chi connectivity index (χ4v) is 3.93. The van der Waals surface area contributed by atoms with E-state index in [1.807, 2.05) is 54.6 Å². The van der Waals surface area contributed by atoms with Gasteiger partial charge in [-0.1, -0.05) is 56.3 Å². The van der Waals surface area contributed by atoms with E-state index in [4.69, 9.17) is 9.15 Å². The van der Waals surface area contributed by atoms with E-state index in [2.05, 4.69) is 48.4 Å². The molecule has 0 aliphatic rings. The quantitative estimate of drug-likeness (QED) is 0.285. The lowest BCUT2D eigenvalue weighted by Gasteiger charge is -2.11. The molecule has 170 valence electrons. The van der Waals surface area contributed by atoms with Crippen molar-refractivity contribution >= 4 is 33.5 Å². The number of nitrogens with zero attached hydrogens (tertiary/aromatic N) is 1. The minimum Gasteiger partial charge on any atom is -0.484 e. The zero-order valence-corrected chi connectivity index (χ0v) is 19.2. The molecule has 0 spiro atoms. The summed E-state index contributed by atoms with van der Waals surface area (Å²) in [6.45, 7) is 4.29. The molecule has 0 saturated heterocycles.